The van der Waals surface area contributed by atoms with Gasteiger partial charge in [0.25, 0.3) is 0 Å². The molecule has 2 aromatic rings. The van der Waals surface area contributed by atoms with E-state index < -0.39 is 0 Å². The van der Waals surface area contributed by atoms with Gasteiger partial charge in [-0.05, 0) is 19.4 Å². The molecule has 0 bridgehead atoms. The van der Waals surface area contributed by atoms with Crippen LogP contribution in [0.15, 0.2) is 28.0 Å². The van der Waals surface area contributed by atoms with Crippen molar-refractivity contribution in [3.05, 3.63) is 30.2 Å². The number of piperazine rings is 1. The van der Waals surface area contributed by atoms with Gasteiger partial charge < -0.3 is 19.6 Å². The van der Waals surface area contributed by atoms with Gasteiger partial charge in [-0.2, -0.15) is 4.98 Å². The average Bonchev–Trinajstić information content (AvgIpc) is 3.20. The lowest BCUT2D eigenvalue weighted by molar-refractivity contribution is 0.365. The molecule has 0 spiro atoms. The monoisotopic (exact) mass is 386 g/mol. The van der Waals surface area contributed by atoms with E-state index in [9.17, 15) is 0 Å². The van der Waals surface area contributed by atoms with Crippen LogP contribution in [0, 0.1) is 0 Å². The SMILES string of the molecule is CCNC(=NCCCc1nc(C(C)C)no1)N1CCN(c2ncccn2)CC1. The van der Waals surface area contributed by atoms with Crippen molar-refractivity contribution in [1.29, 1.82) is 0 Å². The molecule has 1 N–H and O–H groups in total. The number of hydrogen-bond acceptors (Lipinski definition) is 7. The van der Waals surface area contributed by atoms with Crippen LogP contribution in [0.4, 0.5) is 5.95 Å². The van der Waals surface area contributed by atoms with Gasteiger partial charge in [0.15, 0.2) is 11.8 Å². The molecule has 0 aliphatic carbocycles. The van der Waals surface area contributed by atoms with Gasteiger partial charge in [-0.15, -0.1) is 0 Å². The zero-order valence-corrected chi connectivity index (χ0v) is 17.0. The van der Waals surface area contributed by atoms with Crippen molar-refractivity contribution >= 4 is 11.9 Å². The average molecular weight is 387 g/mol. The molecule has 1 aliphatic heterocycles. The van der Waals surface area contributed by atoms with Crippen LogP contribution in [0.1, 0.15) is 44.8 Å². The van der Waals surface area contributed by atoms with Gasteiger partial charge >= 0.3 is 0 Å². The summed E-state index contributed by atoms with van der Waals surface area (Å²) in [6, 6.07) is 1.84. The van der Waals surface area contributed by atoms with E-state index in [1.165, 1.54) is 0 Å². The maximum Gasteiger partial charge on any atom is 0.226 e. The minimum absolute atomic E-state index is 0.288. The molecule has 1 aliphatic rings. The Morgan fingerprint density at radius 2 is 1.96 bits per heavy atom. The molecule has 28 heavy (non-hydrogen) atoms. The molecule has 0 atom stereocenters. The Labute approximate surface area is 166 Å². The molecule has 0 radical (unpaired) electrons. The van der Waals surface area contributed by atoms with Crippen molar-refractivity contribution in [2.75, 3.05) is 44.2 Å². The largest absolute Gasteiger partial charge is 0.357 e. The molecular formula is C19H30N8O. The number of nitrogens with zero attached hydrogens (tertiary/aromatic N) is 7. The van der Waals surface area contributed by atoms with E-state index in [1.807, 2.05) is 6.07 Å². The van der Waals surface area contributed by atoms with Crippen LogP contribution in [0.3, 0.4) is 0 Å². The van der Waals surface area contributed by atoms with E-state index in [4.69, 9.17) is 9.52 Å². The lowest BCUT2D eigenvalue weighted by Crippen LogP contribution is -2.53. The topological polar surface area (TPSA) is 95.6 Å². The van der Waals surface area contributed by atoms with Gasteiger partial charge in [0, 0.05) is 64.0 Å². The van der Waals surface area contributed by atoms with Crippen LogP contribution in [0.2, 0.25) is 0 Å². The minimum atomic E-state index is 0.288. The van der Waals surface area contributed by atoms with E-state index >= 15 is 0 Å². The Morgan fingerprint density at radius 3 is 2.61 bits per heavy atom. The van der Waals surface area contributed by atoms with Crippen molar-refractivity contribution in [2.45, 2.75) is 39.5 Å². The van der Waals surface area contributed by atoms with Crippen LogP contribution >= 0.6 is 0 Å². The van der Waals surface area contributed by atoms with Crippen molar-refractivity contribution in [3.8, 4) is 0 Å². The van der Waals surface area contributed by atoms with E-state index in [1.54, 1.807) is 12.4 Å². The highest BCUT2D eigenvalue weighted by atomic mass is 16.5. The van der Waals surface area contributed by atoms with Gasteiger partial charge in [0.05, 0.1) is 0 Å². The van der Waals surface area contributed by atoms with Gasteiger partial charge in [-0.25, -0.2) is 9.97 Å². The van der Waals surface area contributed by atoms with Crippen LogP contribution in [-0.2, 0) is 6.42 Å². The summed E-state index contributed by atoms with van der Waals surface area (Å²) in [6.07, 6.45) is 5.20. The molecule has 152 valence electrons. The first-order valence-electron chi connectivity index (χ1n) is 10.0. The van der Waals surface area contributed by atoms with E-state index in [0.29, 0.717) is 5.89 Å². The molecule has 1 saturated heterocycles. The fraction of sp³-hybridized carbons (Fsp3) is 0.632. The van der Waals surface area contributed by atoms with Crippen LogP contribution in [-0.4, -0.2) is 70.2 Å². The number of aromatic nitrogens is 4. The van der Waals surface area contributed by atoms with Gasteiger partial charge in [0.1, 0.15) is 0 Å². The number of aliphatic imine (C=N–C) groups is 1. The quantitative estimate of drug-likeness (QED) is 0.436. The van der Waals surface area contributed by atoms with Gasteiger partial charge in [0.2, 0.25) is 11.8 Å². The number of nitrogens with one attached hydrogen (secondary N) is 1. The Kier molecular flexibility index (Phi) is 7.16. The zero-order valence-electron chi connectivity index (χ0n) is 17.0. The third kappa shape index (κ3) is 5.40. The maximum atomic E-state index is 5.30. The highest BCUT2D eigenvalue weighted by molar-refractivity contribution is 5.80. The van der Waals surface area contributed by atoms with Crippen molar-refractivity contribution < 1.29 is 4.52 Å². The summed E-state index contributed by atoms with van der Waals surface area (Å²) in [4.78, 5) is 22.4. The molecule has 0 aromatic carbocycles. The predicted octanol–water partition coefficient (Wildman–Crippen LogP) is 1.70. The minimum Gasteiger partial charge on any atom is -0.357 e. The van der Waals surface area contributed by atoms with E-state index in [-0.39, 0.29) is 5.92 Å². The van der Waals surface area contributed by atoms with E-state index in [2.05, 4.69) is 56.0 Å². The number of guanidine groups is 1. The number of hydrogen-bond donors (Lipinski definition) is 1. The Balaban J connectivity index is 1.48. The summed E-state index contributed by atoms with van der Waals surface area (Å²) in [5.74, 6) is 3.51. The first kappa shape index (κ1) is 20.0. The lowest BCUT2D eigenvalue weighted by atomic mass is 10.2. The predicted molar refractivity (Wildman–Crippen MR) is 109 cm³/mol. The second kappa shape index (κ2) is 10.0. The second-order valence-corrected chi connectivity index (χ2v) is 7.06. The summed E-state index contributed by atoms with van der Waals surface area (Å²) in [6.45, 7) is 11.3. The molecule has 2 aromatic heterocycles. The first-order chi connectivity index (χ1) is 13.7. The number of aryl methyl sites for hydroxylation is 1. The standard InChI is InChI=1S/C19H30N8O/c1-4-20-18(21-8-5-7-16-24-17(15(2)3)25-28-16)26-11-13-27(14-12-26)19-22-9-6-10-23-19/h6,9-10,15H,4-5,7-8,11-14H2,1-3H3,(H,20,21). The Hall–Kier alpha value is -2.71. The molecule has 9 nitrogen and oxygen atoms in total. The molecule has 3 rings (SSSR count). The summed E-state index contributed by atoms with van der Waals surface area (Å²) < 4.78 is 5.30. The zero-order chi connectivity index (χ0) is 19.8. The molecule has 1 fully saturated rings. The Bertz CT molecular complexity index is 737. The fourth-order valence-corrected chi connectivity index (χ4v) is 3.02. The lowest BCUT2D eigenvalue weighted by Gasteiger charge is -2.36. The van der Waals surface area contributed by atoms with Crippen molar-refractivity contribution in [3.63, 3.8) is 0 Å². The molecular weight excluding hydrogens is 356 g/mol. The van der Waals surface area contributed by atoms with Gasteiger partial charge in [-0.3, -0.25) is 4.99 Å². The van der Waals surface area contributed by atoms with Crippen molar-refractivity contribution in [1.82, 2.24) is 30.3 Å². The molecule has 0 amide bonds. The van der Waals surface area contributed by atoms with Crippen LogP contribution < -0.4 is 10.2 Å². The Morgan fingerprint density at radius 1 is 1.21 bits per heavy atom. The van der Waals surface area contributed by atoms with Crippen LogP contribution in [0.25, 0.3) is 0 Å². The smallest absolute Gasteiger partial charge is 0.226 e. The van der Waals surface area contributed by atoms with Crippen LogP contribution in [0.5, 0.6) is 0 Å². The first-order valence-corrected chi connectivity index (χ1v) is 10.0. The third-order valence-electron chi connectivity index (χ3n) is 4.56. The molecule has 0 unspecified atom stereocenters. The highest BCUT2D eigenvalue weighted by Gasteiger charge is 2.21. The molecule has 3 heterocycles. The third-order valence-corrected chi connectivity index (χ3v) is 4.56. The molecule has 0 saturated carbocycles. The summed E-state index contributed by atoms with van der Waals surface area (Å²) >= 11 is 0. The maximum absolute atomic E-state index is 5.30. The normalized spacial score (nSPS) is 15.4. The van der Waals surface area contributed by atoms with Crippen molar-refractivity contribution in [2.24, 2.45) is 4.99 Å². The fourth-order valence-electron chi connectivity index (χ4n) is 3.02. The second-order valence-electron chi connectivity index (χ2n) is 7.06. The summed E-state index contributed by atoms with van der Waals surface area (Å²) in [5.41, 5.74) is 0. The summed E-state index contributed by atoms with van der Waals surface area (Å²) in [5, 5.41) is 7.41. The molecule has 9 heteroatoms. The van der Waals surface area contributed by atoms with Gasteiger partial charge in [-0.1, -0.05) is 19.0 Å². The summed E-state index contributed by atoms with van der Waals surface area (Å²) in [7, 11) is 0. The van der Waals surface area contributed by atoms with E-state index in [0.717, 1.165) is 69.8 Å². The number of rotatable bonds is 7. The number of anilines is 1. The highest BCUT2D eigenvalue weighted by Crippen LogP contribution is 2.11.